The number of hydrogen-bond acceptors (Lipinski definition) is 2. The zero-order valence-electron chi connectivity index (χ0n) is 10.5. The fraction of sp³-hybridized carbons (Fsp3) is 0.500. The first kappa shape index (κ1) is 10.6. The number of imidazole rings is 1. The maximum absolute atomic E-state index is 4.78. The minimum absolute atomic E-state index is 0.664. The highest BCUT2D eigenvalue weighted by atomic mass is 15.0. The van der Waals surface area contributed by atoms with E-state index in [1.54, 1.807) is 0 Å². The topological polar surface area (TPSA) is 29.3 Å². The number of aryl methyl sites for hydroxylation is 1. The van der Waals surface area contributed by atoms with Gasteiger partial charge in [0.1, 0.15) is 5.82 Å². The lowest BCUT2D eigenvalue weighted by molar-refractivity contribution is 0.664. The monoisotopic (exact) mass is 229 g/mol. The molecule has 1 aliphatic rings. The summed E-state index contributed by atoms with van der Waals surface area (Å²) in [6.45, 7) is 2.10. The molecule has 17 heavy (non-hydrogen) atoms. The molecular formula is C14H19N3. The Hall–Kier alpha value is -1.51. The van der Waals surface area contributed by atoms with Crippen molar-refractivity contribution in [1.82, 2.24) is 9.38 Å². The molecule has 3 rings (SSSR count). The van der Waals surface area contributed by atoms with Gasteiger partial charge in [0, 0.05) is 24.8 Å². The number of nitrogens with one attached hydrogen (secondary N) is 1. The summed E-state index contributed by atoms with van der Waals surface area (Å²) in [6, 6.07) is 4.30. The third-order valence-electron chi connectivity index (χ3n) is 3.86. The molecule has 3 nitrogen and oxygen atoms in total. The van der Waals surface area contributed by atoms with E-state index in [-0.39, 0.29) is 0 Å². The normalized spacial score (nSPS) is 16.8. The molecule has 2 aromatic heterocycles. The van der Waals surface area contributed by atoms with Crippen LogP contribution in [0.1, 0.15) is 43.1 Å². The maximum Gasteiger partial charge on any atom is 0.116 e. The SMILES string of the molecule is CNc1ccn2c(C3CCCC3)nc(C)c2c1. The zero-order chi connectivity index (χ0) is 11.8. The molecule has 1 fully saturated rings. The molecule has 2 heterocycles. The van der Waals surface area contributed by atoms with Gasteiger partial charge in [-0.25, -0.2) is 4.98 Å². The van der Waals surface area contributed by atoms with Crippen LogP contribution >= 0.6 is 0 Å². The lowest BCUT2D eigenvalue weighted by Crippen LogP contribution is -2.00. The van der Waals surface area contributed by atoms with Gasteiger partial charge >= 0.3 is 0 Å². The van der Waals surface area contributed by atoms with Gasteiger partial charge in [-0.15, -0.1) is 0 Å². The predicted molar refractivity (Wildman–Crippen MR) is 70.7 cm³/mol. The average molecular weight is 229 g/mol. The lowest BCUT2D eigenvalue weighted by Gasteiger charge is -2.08. The molecule has 0 unspecified atom stereocenters. The number of rotatable bonds is 2. The predicted octanol–water partition coefficient (Wildman–Crippen LogP) is 3.34. The van der Waals surface area contributed by atoms with E-state index in [0.717, 1.165) is 11.4 Å². The van der Waals surface area contributed by atoms with Crippen LogP contribution in [0.5, 0.6) is 0 Å². The molecule has 0 amide bonds. The molecule has 0 aliphatic heterocycles. The van der Waals surface area contributed by atoms with Crippen LogP contribution in [0.4, 0.5) is 5.69 Å². The van der Waals surface area contributed by atoms with Crippen LogP contribution in [0.25, 0.3) is 5.52 Å². The molecule has 0 aromatic carbocycles. The fourth-order valence-electron chi connectivity index (χ4n) is 2.89. The number of nitrogens with zero attached hydrogens (tertiary/aromatic N) is 2. The third-order valence-corrected chi connectivity index (χ3v) is 3.86. The standard InChI is InChI=1S/C14H19N3/c1-10-13-9-12(15-2)7-8-17(13)14(16-10)11-5-3-4-6-11/h7-9,11,15H,3-6H2,1-2H3. The summed E-state index contributed by atoms with van der Waals surface area (Å²) in [5.41, 5.74) is 3.53. The van der Waals surface area contributed by atoms with Gasteiger partial charge in [0.05, 0.1) is 11.2 Å². The Balaban J connectivity index is 2.13. The molecule has 0 saturated heterocycles. The second-order valence-corrected chi connectivity index (χ2v) is 4.96. The summed E-state index contributed by atoms with van der Waals surface area (Å²) < 4.78 is 2.27. The molecule has 90 valence electrons. The quantitative estimate of drug-likeness (QED) is 0.855. The van der Waals surface area contributed by atoms with Crippen LogP contribution in [0.3, 0.4) is 0 Å². The van der Waals surface area contributed by atoms with Gasteiger partial charge in [0.15, 0.2) is 0 Å². The molecule has 2 aromatic rings. The number of anilines is 1. The van der Waals surface area contributed by atoms with Crippen molar-refractivity contribution in [2.75, 3.05) is 12.4 Å². The molecule has 0 bridgehead atoms. The second kappa shape index (κ2) is 4.06. The Kier molecular flexibility index (Phi) is 2.54. The summed E-state index contributed by atoms with van der Waals surface area (Å²) in [4.78, 5) is 4.78. The van der Waals surface area contributed by atoms with E-state index < -0.39 is 0 Å². The van der Waals surface area contributed by atoms with Gasteiger partial charge in [-0.2, -0.15) is 0 Å². The summed E-state index contributed by atoms with van der Waals surface area (Å²) in [5.74, 6) is 1.93. The van der Waals surface area contributed by atoms with E-state index in [4.69, 9.17) is 4.98 Å². The molecule has 3 heteroatoms. The zero-order valence-corrected chi connectivity index (χ0v) is 10.5. The highest BCUT2D eigenvalue weighted by molar-refractivity contribution is 5.62. The third kappa shape index (κ3) is 1.70. The van der Waals surface area contributed by atoms with E-state index in [1.165, 1.54) is 37.0 Å². The molecule has 0 radical (unpaired) electrons. The number of fused-ring (bicyclic) bond motifs is 1. The van der Waals surface area contributed by atoms with Gasteiger partial charge in [-0.05, 0) is 31.9 Å². The van der Waals surface area contributed by atoms with Crippen molar-refractivity contribution in [1.29, 1.82) is 0 Å². The molecule has 1 aliphatic carbocycles. The minimum Gasteiger partial charge on any atom is -0.388 e. The van der Waals surface area contributed by atoms with Gasteiger partial charge < -0.3 is 9.72 Å². The largest absolute Gasteiger partial charge is 0.388 e. The van der Waals surface area contributed by atoms with Gasteiger partial charge in [-0.3, -0.25) is 0 Å². The van der Waals surface area contributed by atoms with Crippen molar-refractivity contribution in [2.45, 2.75) is 38.5 Å². The first-order valence-corrected chi connectivity index (χ1v) is 6.46. The average Bonchev–Trinajstić information content (AvgIpc) is 2.97. The van der Waals surface area contributed by atoms with Crippen LogP contribution in [0, 0.1) is 6.92 Å². The van der Waals surface area contributed by atoms with Crippen LogP contribution in [-0.4, -0.2) is 16.4 Å². The maximum atomic E-state index is 4.78. The summed E-state index contributed by atoms with van der Waals surface area (Å²) >= 11 is 0. The summed E-state index contributed by atoms with van der Waals surface area (Å²) in [5, 5.41) is 3.18. The van der Waals surface area contributed by atoms with Crippen molar-refractivity contribution in [2.24, 2.45) is 0 Å². The Bertz CT molecular complexity index is 536. The number of hydrogen-bond donors (Lipinski definition) is 1. The van der Waals surface area contributed by atoms with E-state index in [9.17, 15) is 0 Å². The number of pyridine rings is 1. The smallest absolute Gasteiger partial charge is 0.116 e. The van der Waals surface area contributed by atoms with Crippen molar-refractivity contribution >= 4 is 11.2 Å². The van der Waals surface area contributed by atoms with Crippen LogP contribution < -0.4 is 5.32 Å². The summed E-state index contributed by atoms with van der Waals surface area (Å²) in [7, 11) is 1.95. The Morgan fingerprint density at radius 2 is 2.12 bits per heavy atom. The molecule has 1 N–H and O–H groups in total. The van der Waals surface area contributed by atoms with Crippen molar-refractivity contribution in [3.63, 3.8) is 0 Å². The minimum atomic E-state index is 0.664. The van der Waals surface area contributed by atoms with Gasteiger partial charge in [0.2, 0.25) is 0 Å². The molecule has 0 spiro atoms. The molecule has 0 atom stereocenters. The first-order chi connectivity index (χ1) is 8.29. The van der Waals surface area contributed by atoms with E-state index >= 15 is 0 Å². The van der Waals surface area contributed by atoms with Gasteiger partial charge in [0.25, 0.3) is 0 Å². The van der Waals surface area contributed by atoms with E-state index in [2.05, 4.69) is 35.0 Å². The fourth-order valence-corrected chi connectivity index (χ4v) is 2.89. The van der Waals surface area contributed by atoms with E-state index in [1.807, 2.05) is 7.05 Å². The van der Waals surface area contributed by atoms with Crippen molar-refractivity contribution in [3.8, 4) is 0 Å². The molecule has 1 saturated carbocycles. The Morgan fingerprint density at radius 1 is 1.35 bits per heavy atom. The van der Waals surface area contributed by atoms with Crippen molar-refractivity contribution < 1.29 is 0 Å². The Morgan fingerprint density at radius 3 is 2.82 bits per heavy atom. The lowest BCUT2D eigenvalue weighted by atomic mass is 10.1. The first-order valence-electron chi connectivity index (χ1n) is 6.46. The Labute approximate surface area is 102 Å². The van der Waals surface area contributed by atoms with Crippen LogP contribution in [0.15, 0.2) is 18.3 Å². The van der Waals surface area contributed by atoms with Crippen LogP contribution in [-0.2, 0) is 0 Å². The highest BCUT2D eigenvalue weighted by Gasteiger charge is 2.22. The summed E-state index contributed by atoms with van der Waals surface area (Å²) in [6.07, 6.45) is 7.45. The number of aromatic nitrogens is 2. The van der Waals surface area contributed by atoms with Crippen molar-refractivity contribution in [3.05, 3.63) is 29.8 Å². The highest BCUT2D eigenvalue weighted by Crippen LogP contribution is 2.34. The van der Waals surface area contributed by atoms with Crippen LogP contribution in [0.2, 0.25) is 0 Å². The van der Waals surface area contributed by atoms with Gasteiger partial charge in [-0.1, -0.05) is 12.8 Å². The van der Waals surface area contributed by atoms with E-state index in [0.29, 0.717) is 5.92 Å². The molecular weight excluding hydrogens is 210 g/mol. The second-order valence-electron chi connectivity index (χ2n) is 4.96.